The van der Waals surface area contributed by atoms with Crippen molar-refractivity contribution < 1.29 is 15.0 Å². The normalized spacial score (nSPS) is 13.3. The second-order valence-electron chi connectivity index (χ2n) is 8.99. The van der Waals surface area contributed by atoms with E-state index in [0.717, 1.165) is 59.3 Å². The van der Waals surface area contributed by atoms with Gasteiger partial charge in [0.1, 0.15) is 6.29 Å². The quantitative estimate of drug-likeness (QED) is 0.490. The van der Waals surface area contributed by atoms with Gasteiger partial charge in [0, 0.05) is 42.7 Å². The van der Waals surface area contributed by atoms with Gasteiger partial charge in [-0.2, -0.15) is 0 Å². The Labute approximate surface area is 214 Å². The number of aryl methyl sites for hydroxylation is 1. The van der Waals surface area contributed by atoms with Gasteiger partial charge in [0.05, 0.1) is 17.0 Å². The van der Waals surface area contributed by atoms with Crippen LogP contribution >= 0.6 is 11.6 Å². The molecule has 1 aliphatic heterocycles. The minimum atomic E-state index is -0.500. The zero-order chi connectivity index (χ0) is 26.8. The van der Waals surface area contributed by atoms with Crippen LogP contribution in [0.4, 0.5) is 0 Å². The highest BCUT2D eigenvalue weighted by Gasteiger charge is 2.20. The summed E-state index contributed by atoms with van der Waals surface area (Å²) in [5.74, 6) is 0. The van der Waals surface area contributed by atoms with Crippen molar-refractivity contribution in [2.45, 2.75) is 53.6 Å². The lowest BCUT2D eigenvalue weighted by Gasteiger charge is -2.24. The Morgan fingerprint density at radius 1 is 1.17 bits per heavy atom. The molecule has 0 aliphatic carbocycles. The molecule has 1 aromatic carbocycles. The Kier molecular flexibility index (Phi) is 11.9. The first-order valence-corrected chi connectivity index (χ1v) is 11.7. The van der Waals surface area contributed by atoms with Crippen molar-refractivity contribution in [2.24, 2.45) is 5.73 Å². The topological polar surface area (TPSA) is 99.7 Å². The van der Waals surface area contributed by atoms with E-state index in [0.29, 0.717) is 17.1 Å². The van der Waals surface area contributed by atoms with Crippen LogP contribution in [0.15, 0.2) is 54.4 Å². The largest absolute Gasteiger partial charge is 0.400 e. The molecule has 2 heterocycles. The fraction of sp³-hybridized carbons (Fsp3) is 0.357. The molecule has 0 saturated carbocycles. The molecular formula is C28H38ClN3O3. The molecule has 190 valence electrons. The molecule has 0 saturated heterocycles. The fourth-order valence-electron chi connectivity index (χ4n) is 3.49. The van der Waals surface area contributed by atoms with Crippen molar-refractivity contribution in [3.63, 3.8) is 0 Å². The number of halogens is 1. The highest BCUT2D eigenvalue weighted by atomic mass is 35.5. The van der Waals surface area contributed by atoms with Gasteiger partial charge in [-0.3, -0.25) is 4.98 Å². The lowest BCUT2D eigenvalue weighted by molar-refractivity contribution is -0.107. The van der Waals surface area contributed by atoms with Crippen LogP contribution in [0.1, 0.15) is 50.2 Å². The van der Waals surface area contributed by atoms with Gasteiger partial charge in [0.15, 0.2) is 0 Å². The summed E-state index contributed by atoms with van der Waals surface area (Å²) in [6.45, 7) is 11.9. The molecule has 6 nitrogen and oxygen atoms in total. The molecule has 3 rings (SSSR count). The summed E-state index contributed by atoms with van der Waals surface area (Å²) in [6, 6.07) is 7.64. The van der Waals surface area contributed by atoms with Gasteiger partial charge < -0.3 is 25.6 Å². The number of benzene rings is 1. The maximum absolute atomic E-state index is 11.3. The smallest absolute Gasteiger partial charge is 0.124 e. The number of carbonyl (C=O) groups is 1. The van der Waals surface area contributed by atoms with Crippen LogP contribution in [0.25, 0.3) is 16.8 Å². The van der Waals surface area contributed by atoms with Gasteiger partial charge in [0.2, 0.25) is 0 Å². The van der Waals surface area contributed by atoms with E-state index in [1.807, 2.05) is 63.4 Å². The Morgan fingerprint density at radius 3 is 2.23 bits per heavy atom. The lowest BCUT2D eigenvalue weighted by Crippen LogP contribution is -2.21. The third-order valence-electron chi connectivity index (χ3n) is 5.06. The maximum Gasteiger partial charge on any atom is 0.124 e. The fourth-order valence-corrected chi connectivity index (χ4v) is 3.62. The number of allylic oxidation sites excluding steroid dienone is 3. The first kappa shape index (κ1) is 30.1. The Bertz CT molecular complexity index is 1080. The number of pyridine rings is 1. The minimum absolute atomic E-state index is 0.306. The molecule has 0 fully saturated rings. The Balaban J connectivity index is 0.000000779. The van der Waals surface area contributed by atoms with Crippen LogP contribution in [0.3, 0.4) is 0 Å². The number of carbonyl (C=O) groups excluding carboxylic acids is 1. The monoisotopic (exact) mass is 499 g/mol. The molecule has 0 amide bonds. The summed E-state index contributed by atoms with van der Waals surface area (Å²) >= 11 is 6.07. The van der Waals surface area contributed by atoms with E-state index in [9.17, 15) is 4.79 Å². The number of aliphatic hydroxyl groups excluding tert-OH is 1. The van der Waals surface area contributed by atoms with E-state index in [1.54, 1.807) is 20.8 Å². The van der Waals surface area contributed by atoms with Gasteiger partial charge in [-0.25, -0.2) is 0 Å². The third-order valence-corrected chi connectivity index (χ3v) is 5.31. The zero-order valence-electron chi connectivity index (χ0n) is 21.8. The van der Waals surface area contributed by atoms with Gasteiger partial charge in [-0.15, -0.1) is 0 Å². The second kappa shape index (κ2) is 13.8. The summed E-state index contributed by atoms with van der Waals surface area (Å²) in [7, 11) is 1.00. The van der Waals surface area contributed by atoms with Gasteiger partial charge in [-0.1, -0.05) is 35.9 Å². The van der Waals surface area contributed by atoms with E-state index in [2.05, 4.69) is 11.0 Å². The van der Waals surface area contributed by atoms with Crippen LogP contribution in [-0.2, 0) is 11.2 Å². The SMILES string of the molecule is C/C(=C(/N)c1nc(C)c(CC=O)c(-c2ccc(Cl)cc2)c1C)N1C=CC=CC1.CC(C)(C)O.CO. The molecule has 0 spiro atoms. The molecule has 0 radical (unpaired) electrons. The predicted molar refractivity (Wildman–Crippen MR) is 146 cm³/mol. The molecule has 7 heteroatoms. The van der Waals surface area contributed by atoms with Gasteiger partial charge in [0.25, 0.3) is 0 Å². The van der Waals surface area contributed by atoms with Crippen molar-refractivity contribution in [1.29, 1.82) is 0 Å². The van der Waals surface area contributed by atoms with E-state index in [-0.39, 0.29) is 0 Å². The number of aldehydes is 1. The zero-order valence-corrected chi connectivity index (χ0v) is 22.5. The van der Waals surface area contributed by atoms with Crippen molar-refractivity contribution in [3.8, 4) is 11.1 Å². The summed E-state index contributed by atoms with van der Waals surface area (Å²) in [6.07, 6.45) is 9.30. The average Bonchev–Trinajstić information content (AvgIpc) is 2.82. The van der Waals surface area contributed by atoms with Crippen molar-refractivity contribution in [2.75, 3.05) is 13.7 Å². The van der Waals surface area contributed by atoms with E-state index in [1.165, 1.54) is 0 Å². The number of hydrogen-bond donors (Lipinski definition) is 3. The first-order chi connectivity index (χ1) is 16.4. The average molecular weight is 500 g/mol. The molecule has 35 heavy (non-hydrogen) atoms. The third kappa shape index (κ3) is 8.98. The molecule has 0 unspecified atom stereocenters. The highest BCUT2D eigenvalue weighted by molar-refractivity contribution is 6.30. The van der Waals surface area contributed by atoms with Crippen molar-refractivity contribution >= 4 is 23.6 Å². The molecule has 4 N–H and O–H groups in total. The van der Waals surface area contributed by atoms with Crippen LogP contribution in [-0.4, -0.2) is 45.6 Å². The first-order valence-electron chi connectivity index (χ1n) is 11.4. The number of aliphatic hydroxyl groups is 2. The van der Waals surface area contributed by atoms with E-state index < -0.39 is 5.60 Å². The number of nitrogens with zero attached hydrogens (tertiary/aromatic N) is 2. The van der Waals surface area contributed by atoms with Crippen LogP contribution < -0.4 is 5.73 Å². The summed E-state index contributed by atoms with van der Waals surface area (Å²) in [5.41, 5.74) is 13.1. The summed E-state index contributed by atoms with van der Waals surface area (Å²) in [5, 5.41) is 16.2. The number of nitrogens with two attached hydrogens (primary N) is 1. The second-order valence-corrected chi connectivity index (χ2v) is 9.43. The molecule has 0 atom stereocenters. The molecule has 2 aromatic rings. The lowest BCUT2D eigenvalue weighted by atomic mass is 9.91. The molecule has 1 aromatic heterocycles. The number of rotatable bonds is 5. The van der Waals surface area contributed by atoms with Crippen LogP contribution in [0, 0.1) is 13.8 Å². The summed E-state index contributed by atoms with van der Waals surface area (Å²) < 4.78 is 0. The van der Waals surface area contributed by atoms with Gasteiger partial charge >= 0.3 is 0 Å². The number of aromatic nitrogens is 1. The maximum atomic E-state index is 11.3. The number of hydrogen-bond acceptors (Lipinski definition) is 6. The Hall–Kier alpha value is -2.93. The predicted octanol–water partition coefficient (Wildman–Crippen LogP) is 5.18. The van der Waals surface area contributed by atoms with E-state index in [4.69, 9.17) is 32.5 Å². The van der Waals surface area contributed by atoms with Crippen molar-refractivity contribution in [1.82, 2.24) is 9.88 Å². The highest BCUT2D eigenvalue weighted by Crippen LogP contribution is 2.34. The van der Waals surface area contributed by atoms with E-state index >= 15 is 0 Å². The molecule has 0 bridgehead atoms. The Morgan fingerprint density at radius 2 is 1.74 bits per heavy atom. The molecule has 1 aliphatic rings. The van der Waals surface area contributed by atoms with Crippen molar-refractivity contribution in [3.05, 3.63) is 81.9 Å². The summed E-state index contributed by atoms with van der Waals surface area (Å²) in [4.78, 5) is 18.2. The van der Waals surface area contributed by atoms with Crippen LogP contribution in [0.5, 0.6) is 0 Å². The molecular weight excluding hydrogens is 462 g/mol. The minimum Gasteiger partial charge on any atom is -0.400 e. The standard InChI is InChI=1S/C23H24ClN3O.C4H10O.CH4O/c1-15-21(18-7-9-19(24)10-8-18)20(11-14-28)16(2)26-23(15)22(25)17(3)27-12-5-4-6-13-27;1-4(2,3)5;1-2/h4-10,12,14H,11,13,25H2,1-3H3;5H,1-3H3;2H,1H3/b22-17-;;. The van der Waals surface area contributed by atoms with Crippen LogP contribution in [0.2, 0.25) is 5.02 Å². The van der Waals surface area contributed by atoms with Gasteiger partial charge in [-0.05, 0) is 82.0 Å².